The van der Waals surface area contributed by atoms with Crippen LogP contribution < -0.4 is 5.48 Å². The highest BCUT2D eigenvalue weighted by atomic mass is 32.2. The first kappa shape index (κ1) is 10.0. The summed E-state index contributed by atoms with van der Waals surface area (Å²) in [6.45, 7) is 1.75. The van der Waals surface area contributed by atoms with Crippen molar-refractivity contribution in [2.24, 2.45) is 0 Å². The van der Waals surface area contributed by atoms with Gasteiger partial charge in [0, 0.05) is 0 Å². The molecule has 0 bridgehead atoms. The van der Waals surface area contributed by atoms with E-state index in [4.69, 9.17) is 0 Å². The topological polar surface area (TPSA) is 55.4 Å². The number of rotatable bonds is 3. The van der Waals surface area contributed by atoms with Crippen LogP contribution in [0.2, 0.25) is 0 Å². The van der Waals surface area contributed by atoms with Crippen molar-refractivity contribution in [2.45, 2.75) is 11.8 Å². The molecule has 1 rings (SSSR count). The number of benzene rings is 1. The molecule has 0 aromatic heterocycles. The Morgan fingerprint density at radius 3 is 2.62 bits per heavy atom. The first-order chi connectivity index (χ1) is 6.15. The predicted molar refractivity (Wildman–Crippen MR) is 50.4 cm³/mol. The van der Waals surface area contributed by atoms with Gasteiger partial charge < -0.3 is 0 Å². The van der Waals surface area contributed by atoms with Crippen LogP contribution in [0.25, 0.3) is 0 Å². The summed E-state index contributed by atoms with van der Waals surface area (Å²) in [5.74, 6) is 0. The van der Waals surface area contributed by atoms with Crippen molar-refractivity contribution in [3.63, 3.8) is 0 Å². The third-order valence-electron chi connectivity index (χ3n) is 1.63. The van der Waals surface area contributed by atoms with Crippen molar-refractivity contribution in [1.82, 2.24) is 0 Å². The Morgan fingerprint density at radius 2 is 2.08 bits per heavy atom. The fourth-order valence-corrected chi connectivity index (χ4v) is 1.59. The number of hydrogen-bond acceptors (Lipinski definition) is 4. The third-order valence-corrected chi connectivity index (χ3v) is 2.50. The number of hydrogen-bond donors (Lipinski definition) is 2. The van der Waals surface area contributed by atoms with Crippen molar-refractivity contribution in [3.8, 4) is 0 Å². The Hall–Kier alpha value is -1.07. The summed E-state index contributed by atoms with van der Waals surface area (Å²) in [6.07, 6.45) is 0. The molecule has 0 unspecified atom stereocenters. The molecule has 0 aliphatic heterocycles. The Kier molecular flexibility index (Phi) is 3.27. The monoisotopic (exact) mass is 201 g/mol. The van der Waals surface area contributed by atoms with Crippen LogP contribution in [-0.4, -0.2) is 15.5 Å². The van der Waals surface area contributed by atoms with Crippen molar-refractivity contribution >= 4 is 16.4 Å². The molecule has 0 saturated heterocycles. The molecule has 5 heteroatoms. The number of thiol groups is 1. The molecule has 1 aromatic carbocycles. The zero-order valence-corrected chi connectivity index (χ0v) is 8.30. The van der Waals surface area contributed by atoms with Gasteiger partial charge in [-0.3, -0.25) is 10.3 Å². The van der Waals surface area contributed by atoms with E-state index in [-0.39, 0.29) is 0 Å². The third kappa shape index (κ3) is 2.43. The van der Waals surface area contributed by atoms with Gasteiger partial charge in [-0.05, 0) is 24.6 Å². The van der Waals surface area contributed by atoms with Crippen LogP contribution in [0.1, 0.15) is 5.56 Å². The van der Waals surface area contributed by atoms with Gasteiger partial charge in [-0.25, -0.2) is 8.42 Å². The van der Waals surface area contributed by atoms with Crippen LogP contribution >= 0.6 is 0 Å². The molecule has 0 saturated carbocycles. The SMILES string of the molecule is CONc1ccc(C)c([SH](=O)=O)c1. The second kappa shape index (κ2) is 4.25. The summed E-state index contributed by atoms with van der Waals surface area (Å²) in [4.78, 5) is 4.97. The van der Waals surface area contributed by atoms with Crippen LogP contribution in [-0.2, 0) is 15.5 Å². The van der Waals surface area contributed by atoms with Crippen molar-refractivity contribution in [3.05, 3.63) is 23.8 Å². The highest BCUT2D eigenvalue weighted by molar-refractivity contribution is 7.72. The van der Waals surface area contributed by atoms with E-state index in [1.54, 1.807) is 19.1 Å². The van der Waals surface area contributed by atoms with Crippen molar-refractivity contribution < 1.29 is 13.3 Å². The van der Waals surface area contributed by atoms with Gasteiger partial charge in [-0.2, -0.15) is 0 Å². The van der Waals surface area contributed by atoms with Crippen LogP contribution in [0.15, 0.2) is 23.1 Å². The molecule has 1 aromatic rings. The van der Waals surface area contributed by atoms with Crippen LogP contribution in [0, 0.1) is 6.92 Å². The quantitative estimate of drug-likeness (QED) is 0.564. The molecule has 0 aliphatic rings. The minimum atomic E-state index is -2.54. The van der Waals surface area contributed by atoms with Gasteiger partial charge >= 0.3 is 0 Å². The van der Waals surface area contributed by atoms with E-state index in [0.29, 0.717) is 10.6 Å². The van der Waals surface area contributed by atoms with Gasteiger partial charge in [0.25, 0.3) is 0 Å². The highest BCUT2D eigenvalue weighted by Gasteiger charge is 2.01. The first-order valence-corrected chi connectivity index (χ1v) is 4.87. The second-order valence-corrected chi connectivity index (χ2v) is 3.56. The van der Waals surface area contributed by atoms with Crippen LogP contribution in [0.4, 0.5) is 5.69 Å². The van der Waals surface area contributed by atoms with Gasteiger partial charge in [-0.1, -0.05) is 6.07 Å². The zero-order valence-electron chi connectivity index (χ0n) is 7.40. The Balaban J connectivity index is 3.11. The van der Waals surface area contributed by atoms with Crippen LogP contribution in [0.5, 0.6) is 0 Å². The Morgan fingerprint density at radius 1 is 1.38 bits per heavy atom. The van der Waals surface area contributed by atoms with E-state index in [2.05, 4.69) is 10.3 Å². The average Bonchev–Trinajstić information content (AvgIpc) is 2.08. The molecule has 0 aliphatic carbocycles. The predicted octanol–water partition coefficient (Wildman–Crippen LogP) is 0.939. The van der Waals surface area contributed by atoms with E-state index >= 15 is 0 Å². The summed E-state index contributed by atoms with van der Waals surface area (Å²) in [5.41, 5.74) is 3.92. The minimum absolute atomic E-state index is 0.317. The minimum Gasteiger partial charge on any atom is -0.279 e. The molecule has 0 atom stereocenters. The smallest absolute Gasteiger partial charge is 0.168 e. The number of aryl methyl sites for hydroxylation is 1. The fourth-order valence-electron chi connectivity index (χ4n) is 0.987. The van der Waals surface area contributed by atoms with Gasteiger partial charge in [0.05, 0.1) is 17.7 Å². The lowest BCUT2D eigenvalue weighted by molar-refractivity contribution is 0.271. The lowest BCUT2D eigenvalue weighted by Crippen LogP contribution is -1.96. The Bertz CT molecular complexity index is 366. The summed E-state index contributed by atoms with van der Waals surface area (Å²) in [6, 6.07) is 5.01. The van der Waals surface area contributed by atoms with Gasteiger partial charge in [-0.15, -0.1) is 0 Å². The van der Waals surface area contributed by atoms with Gasteiger partial charge in [0.2, 0.25) is 0 Å². The molecule has 0 heterocycles. The average molecular weight is 201 g/mol. The molecular formula is C8H11NO3S. The van der Waals surface area contributed by atoms with E-state index < -0.39 is 10.7 Å². The van der Waals surface area contributed by atoms with Crippen molar-refractivity contribution in [1.29, 1.82) is 0 Å². The normalized spacial score (nSPS) is 10.4. The molecule has 0 radical (unpaired) electrons. The van der Waals surface area contributed by atoms with Crippen molar-refractivity contribution in [2.75, 3.05) is 12.6 Å². The van der Waals surface area contributed by atoms with Crippen LogP contribution in [0.3, 0.4) is 0 Å². The highest BCUT2D eigenvalue weighted by Crippen LogP contribution is 2.16. The van der Waals surface area contributed by atoms with Gasteiger partial charge in [0.15, 0.2) is 10.7 Å². The standard InChI is InChI=1S/C8H11NO3S/c1-6-3-4-7(9-12-2)5-8(6)13(10)11/h3-5,9,13H,1-2H3. The maximum Gasteiger partial charge on any atom is 0.168 e. The fraction of sp³-hybridized carbons (Fsp3) is 0.250. The molecule has 0 spiro atoms. The molecule has 4 nitrogen and oxygen atoms in total. The maximum atomic E-state index is 10.7. The summed E-state index contributed by atoms with van der Waals surface area (Å²) >= 11 is 0. The van der Waals surface area contributed by atoms with E-state index in [9.17, 15) is 8.42 Å². The maximum absolute atomic E-state index is 10.7. The molecular weight excluding hydrogens is 190 g/mol. The lowest BCUT2D eigenvalue weighted by atomic mass is 10.2. The molecule has 0 fully saturated rings. The second-order valence-electron chi connectivity index (χ2n) is 2.56. The van der Waals surface area contributed by atoms with E-state index in [0.717, 1.165) is 5.56 Å². The molecule has 72 valence electrons. The molecule has 13 heavy (non-hydrogen) atoms. The van der Waals surface area contributed by atoms with E-state index in [1.165, 1.54) is 13.2 Å². The van der Waals surface area contributed by atoms with Gasteiger partial charge in [0.1, 0.15) is 0 Å². The number of anilines is 1. The largest absolute Gasteiger partial charge is 0.279 e. The Labute approximate surface area is 78.4 Å². The molecule has 0 amide bonds. The number of nitrogens with one attached hydrogen (secondary N) is 1. The zero-order chi connectivity index (χ0) is 9.84. The first-order valence-electron chi connectivity index (χ1n) is 3.69. The molecule has 1 N–H and O–H groups in total. The summed E-state index contributed by atoms with van der Waals surface area (Å²) < 4.78 is 21.5. The lowest BCUT2D eigenvalue weighted by Gasteiger charge is -2.04. The summed E-state index contributed by atoms with van der Waals surface area (Å²) in [7, 11) is -1.07. The van der Waals surface area contributed by atoms with E-state index in [1.807, 2.05) is 0 Å². The summed E-state index contributed by atoms with van der Waals surface area (Å²) in [5, 5.41) is 0.